The van der Waals surface area contributed by atoms with Gasteiger partial charge in [-0.1, -0.05) is 65.6 Å². The summed E-state index contributed by atoms with van der Waals surface area (Å²) in [5, 5.41) is 11.0. The zero-order valence-corrected chi connectivity index (χ0v) is 16.2. The monoisotopic (exact) mass is 413 g/mol. The smallest absolute Gasteiger partial charge is 0.270 e. The summed E-state index contributed by atoms with van der Waals surface area (Å²) in [6.45, 7) is 0.120. The van der Waals surface area contributed by atoms with Crippen LogP contribution in [-0.4, -0.2) is 40.4 Å². The highest BCUT2D eigenvalue weighted by Crippen LogP contribution is 2.31. The number of fused-ring (bicyclic) bond motifs is 1. The maximum atomic E-state index is 12.4. The molecule has 9 heteroatoms. The lowest BCUT2D eigenvalue weighted by molar-refractivity contribution is -0.125. The van der Waals surface area contributed by atoms with Crippen molar-refractivity contribution in [3.05, 3.63) is 60.2 Å². The van der Waals surface area contributed by atoms with Gasteiger partial charge in [0.1, 0.15) is 6.61 Å². The number of hydrogen-bond acceptors (Lipinski definition) is 8. The summed E-state index contributed by atoms with van der Waals surface area (Å²) < 4.78 is 11.8. The average Bonchev–Trinajstić information content (AvgIpc) is 3.19. The second kappa shape index (κ2) is 8.41. The molecule has 0 aliphatic carbocycles. The first kappa shape index (κ1) is 18.5. The minimum atomic E-state index is -0.769. The van der Waals surface area contributed by atoms with Crippen LogP contribution in [0.15, 0.2) is 58.9 Å². The number of hydrogen-bond donors (Lipinski definition) is 1. The van der Waals surface area contributed by atoms with Gasteiger partial charge in [-0.25, -0.2) is 0 Å². The van der Waals surface area contributed by atoms with Crippen molar-refractivity contribution in [2.75, 3.05) is 17.7 Å². The molecule has 0 spiro atoms. The van der Waals surface area contributed by atoms with Gasteiger partial charge < -0.3 is 9.47 Å². The molecule has 2 aromatic carbocycles. The molecule has 2 heterocycles. The first-order valence-electron chi connectivity index (χ1n) is 8.43. The van der Waals surface area contributed by atoms with Crippen LogP contribution in [-0.2, 0) is 4.79 Å². The van der Waals surface area contributed by atoms with Gasteiger partial charge in [0.25, 0.3) is 5.91 Å². The fourth-order valence-electron chi connectivity index (χ4n) is 2.49. The Kier molecular flexibility index (Phi) is 5.54. The first-order chi connectivity index (χ1) is 13.7. The van der Waals surface area contributed by atoms with E-state index < -0.39 is 6.10 Å². The van der Waals surface area contributed by atoms with E-state index in [0.717, 1.165) is 0 Å². The molecule has 0 bridgehead atoms. The van der Waals surface area contributed by atoms with Crippen LogP contribution in [0, 0.1) is 0 Å². The number of ketones is 1. The molecular weight excluding hydrogens is 398 g/mol. The normalized spacial score (nSPS) is 15.1. The summed E-state index contributed by atoms with van der Waals surface area (Å²) in [5.74, 6) is 1.05. The number of carbonyl (C=O) groups excluding carboxylic acids is 2. The number of para-hydroxylation sites is 2. The number of carbonyl (C=O) groups is 2. The Morgan fingerprint density at radius 1 is 1.07 bits per heavy atom. The predicted molar refractivity (Wildman–Crippen MR) is 106 cm³/mol. The molecule has 1 amide bonds. The minimum Gasteiger partial charge on any atom is -0.485 e. The quantitative estimate of drug-likeness (QED) is 0.377. The Bertz CT molecular complexity index is 994. The van der Waals surface area contributed by atoms with E-state index in [1.54, 1.807) is 24.3 Å². The molecule has 1 unspecified atom stereocenters. The number of amides is 1. The van der Waals surface area contributed by atoms with Gasteiger partial charge in [0, 0.05) is 5.56 Å². The number of rotatable bonds is 6. The van der Waals surface area contributed by atoms with Gasteiger partial charge in [-0.3, -0.25) is 14.9 Å². The largest absolute Gasteiger partial charge is 0.485 e. The molecule has 0 saturated carbocycles. The summed E-state index contributed by atoms with van der Waals surface area (Å²) in [6.07, 6.45) is -0.769. The van der Waals surface area contributed by atoms with Gasteiger partial charge in [0.05, 0.1) is 5.75 Å². The topological polar surface area (TPSA) is 90.4 Å². The number of nitrogens with zero attached hydrogens (tertiary/aromatic N) is 2. The van der Waals surface area contributed by atoms with E-state index in [2.05, 4.69) is 15.5 Å². The van der Waals surface area contributed by atoms with Crippen LogP contribution in [0.5, 0.6) is 11.5 Å². The second-order valence-electron chi connectivity index (χ2n) is 5.80. The van der Waals surface area contributed by atoms with E-state index in [1.807, 2.05) is 30.3 Å². The van der Waals surface area contributed by atoms with Crippen molar-refractivity contribution in [2.24, 2.45) is 0 Å². The van der Waals surface area contributed by atoms with Gasteiger partial charge in [0.2, 0.25) is 11.2 Å². The van der Waals surface area contributed by atoms with Crippen LogP contribution in [0.25, 0.3) is 0 Å². The molecule has 4 rings (SSSR count). The Balaban J connectivity index is 1.31. The molecule has 1 N–H and O–H groups in total. The van der Waals surface area contributed by atoms with Crippen molar-refractivity contribution in [3.63, 3.8) is 0 Å². The van der Waals surface area contributed by atoms with E-state index in [4.69, 9.17) is 9.47 Å². The second-order valence-corrected chi connectivity index (χ2v) is 8.00. The third kappa shape index (κ3) is 4.32. The van der Waals surface area contributed by atoms with Gasteiger partial charge in [-0.15, -0.1) is 10.2 Å². The third-order valence-electron chi connectivity index (χ3n) is 3.86. The molecule has 3 aromatic rings. The van der Waals surface area contributed by atoms with Crippen molar-refractivity contribution >= 4 is 39.9 Å². The standard InChI is InChI=1S/C19H15N3O4S2/c23-13(12-6-2-1-3-7-12)11-27-19-22-21-18(28-19)20-17(24)16-10-25-14-8-4-5-9-15(14)26-16/h1-9,16H,10-11H2,(H,20,21,24). The molecule has 7 nitrogen and oxygen atoms in total. The molecular formula is C19H15N3O4S2. The van der Waals surface area contributed by atoms with Crippen molar-refractivity contribution in [1.82, 2.24) is 10.2 Å². The molecule has 28 heavy (non-hydrogen) atoms. The highest BCUT2D eigenvalue weighted by atomic mass is 32.2. The third-order valence-corrected chi connectivity index (χ3v) is 5.83. The molecule has 142 valence electrons. The molecule has 0 radical (unpaired) electrons. The Morgan fingerprint density at radius 3 is 2.64 bits per heavy atom. The minimum absolute atomic E-state index is 0.0119. The number of thioether (sulfide) groups is 1. The fourth-order valence-corrected chi connectivity index (χ4v) is 4.14. The number of Topliss-reactive ketones (excluding diaryl/α,β-unsaturated/α-hetero) is 1. The number of nitrogens with one attached hydrogen (secondary N) is 1. The zero-order chi connectivity index (χ0) is 19.3. The van der Waals surface area contributed by atoms with Gasteiger partial charge >= 0.3 is 0 Å². The molecule has 0 fully saturated rings. The molecule has 1 aliphatic rings. The Morgan fingerprint density at radius 2 is 1.82 bits per heavy atom. The number of anilines is 1. The molecule has 1 atom stereocenters. The number of benzene rings is 2. The van der Waals surface area contributed by atoms with Crippen LogP contribution in [0.2, 0.25) is 0 Å². The van der Waals surface area contributed by atoms with Crippen LogP contribution < -0.4 is 14.8 Å². The Labute approximate surface area is 169 Å². The van der Waals surface area contributed by atoms with E-state index in [1.165, 1.54) is 23.1 Å². The van der Waals surface area contributed by atoms with Crippen molar-refractivity contribution in [3.8, 4) is 11.5 Å². The van der Waals surface area contributed by atoms with E-state index in [9.17, 15) is 9.59 Å². The maximum Gasteiger partial charge on any atom is 0.270 e. The average molecular weight is 413 g/mol. The summed E-state index contributed by atoms with van der Waals surface area (Å²) in [6, 6.07) is 16.3. The zero-order valence-electron chi connectivity index (χ0n) is 14.5. The summed E-state index contributed by atoms with van der Waals surface area (Å²) in [4.78, 5) is 24.5. The Hall–Kier alpha value is -2.91. The van der Waals surface area contributed by atoms with Crippen LogP contribution in [0.1, 0.15) is 10.4 Å². The van der Waals surface area contributed by atoms with Crippen molar-refractivity contribution < 1.29 is 19.1 Å². The summed E-state index contributed by atoms with van der Waals surface area (Å²) in [7, 11) is 0. The van der Waals surface area contributed by atoms with Crippen LogP contribution in [0.3, 0.4) is 0 Å². The lowest BCUT2D eigenvalue weighted by Crippen LogP contribution is -2.40. The van der Waals surface area contributed by atoms with Crippen molar-refractivity contribution in [1.29, 1.82) is 0 Å². The molecule has 1 aliphatic heterocycles. The highest BCUT2D eigenvalue weighted by Gasteiger charge is 2.28. The van der Waals surface area contributed by atoms with E-state index in [0.29, 0.717) is 26.5 Å². The van der Waals surface area contributed by atoms with Gasteiger partial charge in [-0.2, -0.15) is 0 Å². The lowest BCUT2D eigenvalue weighted by Gasteiger charge is -2.25. The molecule has 0 saturated heterocycles. The number of aromatic nitrogens is 2. The summed E-state index contributed by atoms with van der Waals surface area (Å²) in [5.41, 5.74) is 0.655. The van der Waals surface area contributed by atoms with Gasteiger partial charge in [-0.05, 0) is 12.1 Å². The fraction of sp³-hybridized carbons (Fsp3) is 0.158. The SMILES string of the molecule is O=C(CSc1nnc(NC(=O)C2COc3ccccc3O2)s1)c1ccccc1. The molecule has 1 aromatic heterocycles. The van der Waals surface area contributed by atoms with Gasteiger partial charge in [0.15, 0.2) is 21.6 Å². The summed E-state index contributed by atoms with van der Waals surface area (Å²) >= 11 is 2.49. The highest BCUT2D eigenvalue weighted by molar-refractivity contribution is 8.01. The lowest BCUT2D eigenvalue weighted by atomic mass is 10.2. The first-order valence-corrected chi connectivity index (χ1v) is 10.2. The van der Waals surface area contributed by atoms with Crippen molar-refractivity contribution in [2.45, 2.75) is 10.4 Å². The van der Waals surface area contributed by atoms with Crippen LogP contribution in [0.4, 0.5) is 5.13 Å². The maximum absolute atomic E-state index is 12.4. The van der Waals surface area contributed by atoms with Crippen LogP contribution >= 0.6 is 23.1 Å². The number of ether oxygens (including phenoxy) is 2. The predicted octanol–water partition coefficient (Wildman–Crippen LogP) is 3.29. The van der Waals surface area contributed by atoms with E-state index >= 15 is 0 Å². The van der Waals surface area contributed by atoms with E-state index in [-0.39, 0.29) is 24.1 Å².